The summed E-state index contributed by atoms with van der Waals surface area (Å²) in [6.45, 7) is 1.97. The first-order valence-electron chi connectivity index (χ1n) is 5.55. The predicted molar refractivity (Wildman–Crippen MR) is 83.8 cm³/mol. The van der Waals surface area contributed by atoms with Crippen molar-refractivity contribution in [2.75, 3.05) is 5.32 Å². The van der Waals surface area contributed by atoms with Gasteiger partial charge in [0.2, 0.25) is 5.91 Å². The highest BCUT2D eigenvalue weighted by molar-refractivity contribution is 9.10. The minimum absolute atomic E-state index is 0.436. The first kappa shape index (κ1) is 14.4. The molecule has 0 bridgehead atoms. The standard InChI is InChI=1S/C13H12BrClN2OS/c1-7-4-2-3-5-9(7)17-11(13(16)18)10-6-8(14)12(15)19-10/h2-6,11,17H,1H3,(H2,16,18). The van der Waals surface area contributed by atoms with E-state index in [9.17, 15) is 4.79 Å². The Labute approximate surface area is 128 Å². The first-order valence-corrected chi connectivity index (χ1v) is 7.54. The largest absolute Gasteiger partial charge is 0.369 e. The van der Waals surface area contributed by atoms with E-state index in [-0.39, 0.29) is 0 Å². The van der Waals surface area contributed by atoms with E-state index in [1.165, 1.54) is 11.3 Å². The number of carbonyl (C=O) groups excluding carboxylic acids is 1. The monoisotopic (exact) mass is 358 g/mol. The van der Waals surface area contributed by atoms with Gasteiger partial charge in [-0.2, -0.15) is 0 Å². The number of amides is 1. The molecule has 1 atom stereocenters. The molecule has 0 saturated heterocycles. The summed E-state index contributed by atoms with van der Waals surface area (Å²) in [7, 11) is 0. The van der Waals surface area contributed by atoms with Crippen LogP contribution in [0.4, 0.5) is 5.69 Å². The first-order chi connectivity index (χ1) is 8.99. The van der Waals surface area contributed by atoms with Gasteiger partial charge < -0.3 is 11.1 Å². The SMILES string of the molecule is Cc1ccccc1NC(C(N)=O)c1cc(Br)c(Cl)s1. The van der Waals surface area contributed by atoms with Crippen LogP contribution in [0.1, 0.15) is 16.5 Å². The number of rotatable bonds is 4. The average molecular weight is 360 g/mol. The Bertz CT molecular complexity index is 595. The number of thiophene rings is 1. The van der Waals surface area contributed by atoms with Crippen molar-refractivity contribution in [3.63, 3.8) is 0 Å². The van der Waals surface area contributed by atoms with Crippen LogP contribution in [0.25, 0.3) is 0 Å². The van der Waals surface area contributed by atoms with Gasteiger partial charge in [-0.3, -0.25) is 4.79 Å². The predicted octanol–water partition coefficient (Wildman–Crippen LogP) is 4.11. The Morgan fingerprint density at radius 1 is 1.47 bits per heavy atom. The van der Waals surface area contributed by atoms with E-state index in [4.69, 9.17) is 17.3 Å². The molecule has 0 aliphatic rings. The number of anilines is 1. The molecular formula is C13H12BrClN2OS. The van der Waals surface area contributed by atoms with E-state index in [2.05, 4.69) is 21.2 Å². The van der Waals surface area contributed by atoms with Crippen LogP contribution in [0.2, 0.25) is 4.34 Å². The third kappa shape index (κ3) is 3.29. The van der Waals surface area contributed by atoms with E-state index >= 15 is 0 Å². The highest BCUT2D eigenvalue weighted by atomic mass is 79.9. The molecule has 19 heavy (non-hydrogen) atoms. The van der Waals surface area contributed by atoms with Gasteiger partial charge in [-0.15, -0.1) is 11.3 Å². The number of nitrogens with two attached hydrogens (primary N) is 1. The molecule has 0 radical (unpaired) electrons. The zero-order chi connectivity index (χ0) is 14.0. The summed E-state index contributed by atoms with van der Waals surface area (Å²) in [4.78, 5) is 12.4. The zero-order valence-electron chi connectivity index (χ0n) is 10.1. The Kier molecular flexibility index (Phi) is 4.50. The lowest BCUT2D eigenvalue weighted by Gasteiger charge is -2.16. The summed E-state index contributed by atoms with van der Waals surface area (Å²) in [5.74, 6) is -0.436. The summed E-state index contributed by atoms with van der Waals surface area (Å²) in [5, 5.41) is 3.16. The Hall–Kier alpha value is -1.04. The number of carbonyl (C=O) groups is 1. The lowest BCUT2D eigenvalue weighted by molar-refractivity contribution is -0.118. The third-order valence-electron chi connectivity index (χ3n) is 2.68. The van der Waals surface area contributed by atoms with Gasteiger partial charge in [-0.25, -0.2) is 0 Å². The lowest BCUT2D eigenvalue weighted by atomic mass is 10.1. The molecule has 1 aromatic carbocycles. The molecule has 1 unspecified atom stereocenters. The van der Waals surface area contributed by atoms with Crippen LogP contribution < -0.4 is 11.1 Å². The van der Waals surface area contributed by atoms with Gasteiger partial charge in [-0.1, -0.05) is 29.8 Å². The van der Waals surface area contributed by atoms with Gasteiger partial charge in [0.15, 0.2) is 0 Å². The quantitative estimate of drug-likeness (QED) is 0.863. The molecule has 3 N–H and O–H groups in total. The summed E-state index contributed by atoms with van der Waals surface area (Å²) >= 11 is 10.7. The van der Waals surface area contributed by atoms with E-state index in [1.807, 2.05) is 37.3 Å². The topological polar surface area (TPSA) is 55.1 Å². The molecule has 0 saturated carbocycles. The molecule has 0 aliphatic carbocycles. The van der Waals surface area contributed by atoms with Gasteiger partial charge in [0.05, 0.1) is 0 Å². The highest BCUT2D eigenvalue weighted by Crippen LogP contribution is 2.36. The van der Waals surface area contributed by atoms with Crippen LogP contribution in [0.5, 0.6) is 0 Å². The summed E-state index contributed by atoms with van der Waals surface area (Å²) < 4.78 is 1.37. The number of benzene rings is 1. The van der Waals surface area contributed by atoms with Crippen molar-refractivity contribution in [2.45, 2.75) is 13.0 Å². The van der Waals surface area contributed by atoms with Gasteiger partial charge >= 0.3 is 0 Å². The maximum Gasteiger partial charge on any atom is 0.245 e. The van der Waals surface area contributed by atoms with Gasteiger partial charge in [-0.05, 0) is 40.5 Å². The molecular weight excluding hydrogens is 348 g/mol. The van der Waals surface area contributed by atoms with Crippen molar-refractivity contribution >= 4 is 50.5 Å². The van der Waals surface area contributed by atoms with Crippen LogP contribution in [0, 0.1) is 6.92 Å². The van der Waals surface area contributed by atoms with Gasteiger partial charge in [0.1, 0.15) is 10.4 Å². The Morgan fingerprint density at radius 3 is 2.68 bits per heavy atom. The second-order valence-electron chi connectivity index (χ2n) is 4.07. The zero-order valence-corrected chi connectivity index (χ0v) is 13.3. The van der Waals surface area contributed by atoms with E-state index in [0.29, 0.717) is 4.34 Å². The van der Waals surface area contributed by atoms with Crippen LogP contribution in [-0.4, -0.2) is 5.91 Å². The normalized spacial score (nSPS) is 12.2. The van der Waals surface area contributed by atoms with Crippen molar-refractivity contribution in [2.24, 2.45) is 5.73 Å². The smallest absolute Gasteiger partial charge is 0.245 e. The number of primary amides is 1. The van der Waals surface area contributed by atoms with Gasteiger partial charge in [0, 0.05) is 15.0 Å². The van der Waals surface area contributed by atoms with Crippen LogP contribution in [0.15, 0.2) is 34.8 Å². The molecule has 1 amide bonds. The Balaban J connectivity index is 2.32. The number of nitrogens with one attached hydrogen (secondary N) is 1. The molecule has 3 nitrogen and oxygen atoms in total. The molecule has 100 valence electrons. The summed E-state index contributed by atoms with van der Waals surface area (Å²) in [6.07, 6.45) is 0. The fourth-order valence-corrected chi connectivity index (χ4v) is 3.47. The molecule has 2 rings (SSSR count). The molecule has 1 heterocycles. The second kappa shape index (κ2) is 5.94. The molecule has 6 heteroatoms. The molecule has 2 aromatic rings. The van der Waals surface area contributed by atoms with E-state index in [0.717, 1.165) is 20.6 Å². The van der Waals surface area contributed by atoms with Crippen molar-refractivity contribution < 1.29 is 4.79 Å². The minimum Gasteiger partial charge on any atom is -0.369 e. The van der Waals surface area contributed by atoms with Crippen LogP contribution >= 0.6 is 38.9 Å². The fourth-order valence-electron chi connectivity index (χ4n) is 1.68. The molecule has 1 aromatic heterocycles. The van der Waals surface area contributed by atoms with Crippen molar-refractivity contribution in [3.8, 4) is 0 Å². The summed E-state index contributed by atoms with van der Waals surface area (Å²) in [5.41, 5.74) is 7.41. The third-order valence-corrected chi connectivity index (χ3v) is 5.22. The maximum absolute atomic E-state index is 11.6. The van der Waals surface area contributed by atoms with Gasteiger partial charge in [0.25, 0.3) is 0 Å². The van der Waals surface area contributed by atoms with E-state index < -0.39 is 11.9 Å². The fraction of sp³-hybridized carbons (Fsp3) is 0.154. The molecule has 0 aliphatic heterocycles. The number of hydrogen-bond donors (Lipinski definition) is 2. The van der Waals surface area contributed by atoms with Crippen molar-refractivity contribution in [1.82, 2.24) is 0 Å². The molecule has 0 fully saturated rings. The average Bonchev–Trinajstić information content (AvgIpc) is 2.68. The Morgan fingerprint density at radius 2 is 2.16 bits per heavy atom. The summed E-state index contributed by atoms with van der Waals surface area (Å²) in [6, 6.07) is 8.96. The maximum atomic E-state index is 11.6. The number of halogens is 2. The lowest BCUT2D eigenvalue weighted by Crippen LogP contribution is -2.27. The number of hydrogen-bond acceptors (Lipinski definition) is 3. The van der Waals surface area contributed by atoms with Crippen molar-refractivity contribution in [1.29, 1.82) is 0 Å². The number of aryl methyl sites for hydroxylation is 1. The van der Waals surface area contributed by atoms with Crippen LogP contribution in [-0.2, 0) is 4.79 Å². The van der Waals surface area contributed by atoms with Crippen molar-refractivity contribution in [3.05, 3.63) is 49.6 Å². The molecule has 0 spiro atoms. The minimum atomic E-state index is -0.588. The van der Waals surface area contributed by atoms with Crippen LogP contribution in [0.3, 0.4) is 0 Å². The second-order valence-corrected chi connectivity index (χ2v) is 6.61. The number of para-hydroxylation sites is 1. The van der Waals surface area contributed by atoms with E-state index in [1.54, 1.807) is 0 Å². The highest BCUT2D eigenvalue weighted by Gasteiger charge is 2.21.